The monoisotopic (exact) mass is 230 g/mol. The number of nitrogens with zero attached hydrogens (tertiary/aromatic N) is 1. The standard InChI is InChI=1S/C15H22N2/c1-14(2,3)12-8-6-11(7-9-12)13(17)15(4,5)10-16/h6-9,13H,17H2,1-5H3. The van der Waals surface area contributed by atoms with E-state index in [0.717, 1.165) is 5.56 Å². The average molecular weight is 230 g/mol. The highest BCUT2D eigenvalue weighted by atomic mass is 14.7. The second-order valence-electron chi connectivity index (χ2n) is 6.18. The predicted molar refractivity (Wildman–Crippen MR) is 71.5 cm³/mol. The summed E-state index contributed by atoms with van der Waals surface area (Å²) in [5, 5.41) is 9.08. The molecule has 0 aliphatic heterocycles. The van der Waals surface area contributed by atoms with Crippen molar-refractivity contribution in [1.82, 2.24) is 0 Å². The number of hydrogen-bond donors (Lipinski definition) is 1. The van der Waals surface area contributed by atoms with Gasteiger partial charge in [-0.15, -0.1) is 0 Å². The van der Waals surface area contributed by atoms with Gasteiger partial charge in [0.2, 0.25) is 0 Å². The van der Waals surface area contributed by atoms with Crippen LogP contribution in [0.25, 0.3) is 0 Å². The summed E-state index contributed by atoms with van der Waals surface area (Å²) in [6, 6.07) is 10.3. The molecule has 0 saturated heterocycles. The van der Waals surface area contributed by atoms with Crippen LogP contribution in [0.4, 0.5) is 0 Å². The fourth-order valence-corrected chi connectivity index (χ4v) is 1.68. The first-order valence-electron chi connectivity index (χ1n) is 5.96. The molecule has 0 aliphatic rings. The van der Waals surface area contributed by atoms with Gasteiger partial charge in [-0.1, -0.05) is 45.0 Å². The van der Waals surface area contributed by atoms with E-state index in [4.69, 9.17) is 11.0 Å². The zero-order valence-corrected chi connectivity index (χ0v) is 11.4. The highest BCUT2D eigenvalue weighted by molar-refractivity contribution is 5.30. The second kappa shape index (κ2) is 4.50. The summed E-state index contributed by atoms with van der Waals surface area (Å²) < 4.78 is 0. The first-order chi connectivity index (χ1) is 7.68. The van der Waals surface area contributed by atoms with Gasteiger partial charge in [-0.3, -0.25) is 0 Å². The molecule has 2 heteroatoms. The van der Waals surface area contributed by atoms with Crippen LogP contribution in [-0.2, 0) is 5.41 Å². The van der Waals surface area contributed by atoms with Crippen LogP contribution in [0.1, 0.15) is 51.8 Å². The predicted octanol–water partition coefficient (Wildman–Crippen LogP) is 3.53. The van der Waals surface area contributed by atoms with Gasteiger partial charge in [0.05, 0.1) is 11.5 Å². The average Bonchev–Trinajstić information content (AvgIpc) is 2.27. The molecule has 0 spiro atoms. The molecule has 0 saturated carbocycles. The largest absolute Gasteiger partial charge is 0.323 e. The van der Waals surface area contributed by atoms with E-state index in [0.29, 0.717) is 0 Å². The van der Waals surface area contributed by atoms with Crippen molar-refractivity contribution in [1.29, 1.82) is 5.26 Å². The molecule has 2 nitrogen and oxygen atoms in total. The van der Waals surface area contributed by atoms with Crippen molar-refractivity contribution < 1.29 is 0 Å². The van der Waals surface area contributed by atoms with Crippen LogP contribution < -0.4 is 5.73 Å². The van der Waals surface area contributed by atoms with Crippen molar-refractivity contribution in [2.75, 3.05) is 0 Å². The number of hydrogen-bond acceptors (Lipinski definition) is 2. The van der Waals surface area contributed by atoms with E-state index in [2.05, 4.69) is 39.0 Å². The Labute approximate surface area is 104 Å². The summed E-state index contributed by atoms with van der Waals surface area (Å²) in [5.74, 6) is 0. The zero-order valence-electron chi connectivity index (χ0n) is 11.4. The first-order valence-corrected chi connectivity index (χ1v) is 5.96. The molecule has 1 aromatic rings. The fourth-order valence-electron chi connectivity index (χ4n) is 1.68. The molecule has 0 heterocycles. The fraction of sp³-hybridized carbons (Fsp3) is 0.533. The van der Waals surface area contributed by atoms with Gasteiger partial charge in [0.1, 0.15) is 0 Å². The zero-order chi connectivity index (χ0) is 13.3. The van der Waals surface area contributed by atoms with E-state index < -0.39 is 5.41 Å². The number of nitriles is 1. The molecule has 0 aliphatic carbocycles. The normalized spacial score (nSPS) is 14.2. The van der Waals surface area contributed by atoms with Gasteiger partial charge in [0.15, 0.2) is 0 Å². The Balaban J connectivity index is 3.01. The molecular formula is C15H22N2. The summed E-state index contributed by atoms with van der Waals surface area (Å²) in [4.78, 5) is 0. The lowest BCUT2D eigenvalue weighted by Crippen LogP contribution is -2.27. The van der Waals surface area contributed by atoms with Crippen LogP contribution in [0, 0.1) is 16.7 Å². The van der Waals surface area contributed by atoms with Crippen molar-refractivity contribution in [3.63, 3.8) is 0 Å². The minimum Gasteiger partial charge on any atom is -0.323 e. The summed E-state index contributed by atoms with van der Waals surface area (Å²) in [5.41, 5.74) is 8.03. The Bertz CT molecular complexity index is 416. The molecule has 0 amide bonds. The number of nitrogens with two attached hydrogens (primary N) is 1. The van der Waals surface area contributed by atoms with Crippen molar-refractivity contribution in [3.8, 4) is 6.07 Å². The van der Waals surface area contributed by atoms with E-state index in [1.807, 2.05) is 26.0 Å². The van der Waals surface area contributed by atoms with Gasteiger partial charge in [0.25, 0.3) is 0 Å². The van der Waals surface area contributed by atoms with Gasteiger partial charge in [-0.25, -0.2) is 0 Å². The van der Waals surface area contributed by atoms with E-state index >= 15 is 0 Å². The Morgan fingerprint density at radius 3 is 1.88 bits per heavy atom. The molecule has 0 fully saturated rings. The molecule has 2 N–H and O–H groups in total. The molecular weight excluding hydrogens is 208 g/mol. The van der Waals surface area contributed by atoms with E-state index in [9.17, 15) is 0 Å². The molecule has 17 heavy (non-hydrogen) atoms. The Morgan fingerprint density at radius 1 is 1.06 bits per heavy atom. The van der Waals surface area contributed by atoms with Crippen LogP contribution in [-0.4, -0.2) is 0 Å². The quantitative estimate of drug-likeness (QED) is 0.845. The third-order valence-corrected chi connectivity index (χ3v) is 3.20. The van der Waals surface area contributed by atoms with E-state index in [-0.39, 0.29) is 11.5 Å². The van der Waals surface area contributed by atoms with Gasteiger partial charge in [0, 0.05) is 6.04 Å². The van der Waals surface area contributed by atoms with Crippen molar-refractivity contribution >= 4 is 0 Å². The van der Waals surface area contributed by atoms with Crippen LogP contribution in [0.3, 0.4) is 0 Å². The molecule has 1 atom stereocenters. The number of benzene rings is 1. The molecule has 1 unspecified atom stereocenters. The minimum atomic E-state index is -0.538. The highest BCUT2D eigenvalue weighted by Gasteiger charge is 2.27. The van der Waals surface area contributed by atoms with Gasteiger partial charge >= 0.3 is 0 Å². The summed E-state index contributed by atoms with van der Waals surface area (Å²) in [6.45, 7) is 10.3. The number of rotatable bonds is 2. The topological polar surface area (TPSA) is 49.8 Å². The Kier molecular flexibility index (Phi) is 3.64. The van der Waals surface area contributed by atoms with Crippen molar-refractivity contribution in [3.05, 3.63) is 35.4 Å². The lowest BCUT2D eigenvalue weighted by atomic mass is 9.81. The maximum Gasteiger partial charge on any atom is 0.0710 e. The van der Waals surface area contributed by atoms with Crippen molar-refractivity contribution in [2.24, 2.45) is 11.1 Å². The lowest BCUT2D eigenvalue weighted by molar-refractivity contribution is 0.393. The third-order valence-electron chi connectivity index (χ3n) is 3.20. The lowest BCUT2D eigenvalue weighted by Gasteiger charge is -2.25. The SMILES string of the molecule is CC(C)(C)c1ccc(C(N)C(C)(C)C#N)cc1. The van der Waals surface area contributed by atoms with Gasteiger partial charge < -0.3 is 5.73 Å². The molecule has 1 aromatic carbocycles. The van der Waals surface area contributed by atoms with Crippen LogP contribution in [0.5, 0.6) is 0 Å². The maximum absolute atomic E-state index is 9.08. The Hall–Kier alpha value is -1.33. The van der Waals surface area contributed by atoms with Crippen molar-refractivity contribution in [2.45, 2.75) is 46.1 Å². The van der Waals surface area contributed by atoms with E-state index in [1.54, 1.807) is 0 Å². The van der Waals surface area contributed by atoms with Crippen LogP contribution >= 0.6 is 0 Å². The summed E-state index contributed by atoms with van der Waals surface area (Å²) in [7, 11) is 0. The molecule has 0 bridgehead atoms. The summed E-state index contributed by atoms with van der Waals surface area (Å²) in [6.07, 6.45) is 0. The van der Waals surface area contributed by atoms with Crippen LogP contribution in [0.15, 0.2) is 24.3 Å². The molecule has 92 valence electrons. The van der Waals surface area contributed by atoms with Gasteiger partial charge in [-0.05, 0) is 30.4 Å². The third kappa shape index (κ3) is 3.08. The molecule has 0 aromatic heterocycles. The maximum atomic E-state index is 9.08. The minimum absolute atomic E-state index is 0.146. The Morgan fingerprint density at radius 2 is 1.53 bits per heavy atom. The highest BCUT2D eigenvalue weighted by Crippen LogP contribution is 2.31. The summed E-state index contributed by atoms with van der Waals surface area (Å²) >= 11 is 0. The van der Waals surface area contributed by atoms with E-state index in [1.165, 1.54) is 5.56 Å². The van der Waals surface area contributed by atoms with Gasteiger partial charge in [-0.2, -0.15) is 5.26 Å². The first kappa shape index (κ1) is 13.7. The molecule has 1 rings (SSSR count). The second-order valence-corrected chi connectivity index (χ2v) is 6.18. The molecule has 0 radical (unpaired) electrons. The smallest absolute Gasteiger partial charge is 0.0710 e. The van der Waals surface area contributed by atoms with Crippen LogP contribution in [0.2, 0.25) is 0 Å².